The van der Waals surface area contributed by atoms with Gasteiger partial charge < -0.3 is 14.7 Å². The van der Waals surface area contributed by atoms with Gasteiger partial charge in [0.25, 0.3) is 0 Å². The number of piperazine rings is 1. The van der Waals surface area contributed by atoms with Gasteiger partial charge in [0.05, 0.1) is 5.69 Å². The average Bonchev–Trinajstić information content (AvgIpc) is 3.08. The number of aliphatic imine (C=N–C) groups is 1. The molecule has 0 radical (unpaired) electrons. The Morgan fingerprint density at radius 3 is 2.64 bits per heavy atom. The van der Waals surface area contributed by atoms with Crippen LogP contribution in [0.15, 0.2) is 38.7 Å². The number of hydrogen-bond donors (Lipinski definition) is 1. The topological polar surface area (TPSA) is 56.9 Å². The van der Waals surface area contributed by atoms with Crippen molar-refractivity contribution in [2.45, 2.75) is 24.9 Å². The summed E-state index contributed by atoms with van der Waals surface area (Å²) in [6.07, 6.45) is 2.00. The summed E-state index contributed by atoms with van der Waals surface area (Å²) in [5, 5.41) is 7.44. The van der Waals surface area contributed by atoms with Crippen molar-refractivity contribution in [3.63, 3.8) is 0 Å². The molecule has 2 aromatic rings. The molecule has 2 heterocycles. The summed E-state index contributed by atoms with van der Waals surface area (Å²) < 4.78 is 18.7. The summed E-state index contributed by atoms with van der Waals surface area (Å²) in [5.41, 5.74) is 1.92. The Balaban J connectivity index is 0.00000280. The zero-order valence-corrected chi connectivity index (χ0v) is 19.6. The molecule has 0 saturated carbocycles. The van der Waals surface area contributed by atoms with Gasteiger partial charge in [0.1, 0.15) is 11.6 Å². The molecule has 1 aromatic carbocycles. The first-order chi connectivity index (χ1) is 13.1. The molecule has 0 unspecified atom stereocenters. The summed E-state index contributed by atoms with van der Waals surface area (Å²) in [6.45, 7) is 6.90. The van der Waals surface area contributed by atoms with Crippen LogP contribution in [0.5, 0.6) is 0 Å². The lowest BCUT2D eigenvalue weighted by atomic mass is 10.2. The fourth-order valence-electron chi connectivity index (χ4n) is 3.23. The molecule has 28 heavy (non-hydrogen) atoms. The summed E-state index contributed by atoms with van der Waals surface area (Å²) in [4.78, 5) is 10.1. The maximum atomic E-state index is 13.6. The van der Waals surface area contributed by atoms with Crippen molar-refractivity contribution in [3.8, 4) is 0 Å². The highest BCUT2D eigenvalue weighted by Crippen LogP contribution is 2.21. The molecule has 0 bridgehead atoms. The monoisotopic (exact) mass is 519 g/mol. The summed E-state index contributed by atoms with van der Waals surface area (Å²) >= 11 is 1.62. The third kappa shape index (κ3) is 6.08. The Morgan fingerprint density at radius 1 is 1.29 bits per heavy atom. The molecule has 154 valence electrons. The molecular formula is C19H27FIN5OS. The Morgan fingerprint density at radius 2 is 2.04 bits per heavy atom. The highest BCUT2D eigenvalue weighted by molar-refractivity contribution is 14.0. The van der Waals surface area contributed by atoms with Crippen LogP contribution in [0.25, 0.3) is 0 Å². The van der Waals surface area contributed by atoms with Crippen LogP contribution in [-0.4, -0.2) is 60.4 Å². The fraction of sp³-hybridized carbons (Fsp3) is 0.474. The number of guanidine groups is 1. The Bertz CT molecular complexity index is 792. The van der Waals surface area contributed by atoms with Crippen LogP contribution in [-0.2, 0) is 13.1 Å². The van der Waals surface area contributed by atoms with E-state index in [9.17, 15) is 4.39 Å². The molecular weight excluding hydrogens is 492 g/mol. The van der Waals surface area contributed by atoms with Crippen LogP contribution < -0.4 is 5.32 Å². The minimum absolute atomic E-state index is 0. The SMILES string of the molecule is CN=C(NCc1cc(F)ccc1SC)N1CCN(Cc2cc(C)on2)CC1.I. The lowest BCUT2D eigenvalue weighted by Crippen LogP contribution is -2.52. The second-order valence-electron chi connectivity index (χ2n) is 6.55. The molecule has 0 aliphatic carbocycles. The summed E-state index contributed by atoms with van der Waals surface area (Å²) in [7, 11) is 1.79. The van der Waals surface area contributed by atoms with Crippen molar-refractivity contribution in [2.24, 2.45) is 4.99 Å². The van der Waals surface area contributed by atoms with Crippen LogP contribution >= 0.6 is 35.7 Å². The smallest absolute Gasteiger partial charge is 0.194 e. The van der Waals surface area contributed by atoms with Crippen LogP contribution in [0.2, 0.25) is 0 Å². The normalized spacial score (nSPS) is 15.4. The summed E-state index contributed by atoms with van der Waals surface area (Å²) in [5.74, 6) is 1.48. The average molecular weight is 519 g/mol. The zero-order valence-electron chi connectivity index (χ0n) is 16.4. The van der Waals surface area contributed by atoms with E-state index in [1.807, 2.05) is 25.3 Å². The third-order valence-corrected chi connectivity index (χ3v) is 5.46. The molecule has 1 saturated heterocycles. The van der Waals surface area contributed by atoms with Gasteiger partial charge in [-0.1, -0.05) is 5.16 Å². The van der Waals surface area contributed by atoms with Gasteiger partial charge in [0.2, 0.25) is 0 Å². The van der Waals surface area contributed by atoms with Gasteiger partial charge in [-0.3, -0.25) is 9.89 Å². The number of nitrogens with zero attached hydrogens (tertiary/aromatic N) is 4. The number of halogens is 2. The van der Waals surface area contributed by atoms with Crippen molar-refractivity contribution in [2.75, 3.05) is 39.5 Å². The van der Waals surface area contributed by atoms with Crippen LogP contribution in [0.1, 0.15) is 17.0 Å². The highest BCUT2D eigenvalue weighted by Gasteiger charge is 2.20. The standard InChI is InChI=1S/C19H26FN5OS.HI/c1-14-10-17(23-26-14)13-24-6-8-25(9-7-24)19(21-2)22-12-15-11-16(20)4-5-18(15)27-3;/h4-5,10-11H,6-9,12-13H2,1-3H3,(H,21,22);1H. The van der Waals surface area contributed by atoms with Gasteiger partial charge in [-0.05, 0) is 36.9 Å². The lowest BCUT2D eigenvalue weighted by Gasteiger charge is -2.36. The van der Waals surface area contributed by atoms with Crippen LogP contribution in [0.3, 0.4) is 0 Å². The minimum Gasteiger partial charge on any atom is -0.361 e. The maximum Gasteiger partial charge on any atom is 0.194 e. The molecule has 0 atom stereocenters. The Hall–Kier alpha value is -1.33. The number of hydrogen-bond acceptors (Lipinski definition) is 5. The third-order valence-electron chi connectivity index (χ3n) is 4.63. The number of nitrogens with one attached hydrogen (secondary N) is 1. The van der Waals surface area contributed by atoms with Crippen molar-refractivity contribution in [1.29, 1.82) is 0 Å². The van der Waals surface area contributed by atoms with Crippen molar-refractivity contribution in [3.05, 3.63) is 47.1 Å². The first kappa shape index (κ1) is 23.0. The van der Waals surface area contributed by atoms with Gasteiger partial charge in [0, 0.05) is 57.3 Å². The van der Waals surface area contributed by atoms with E-state index in [2.05, 4.69) is 25.3 Å². The van der Waals surface area contributed by atoms with E-state index in [-0.39, 0.29) is 29.8 Å². The second-order valence-corrected chi connectivity index (χ2v) is 7.40. The molecule has 1 aliphatic rings. The molecule has 0 spiro atoms. The molecule has 1 N–H and O–H groups in total. The number of rotatable bonds is 5. The quantitative estimate of drug-likeness (QED) is 0.283. The fourth-order valence-corrected chi connectivity index (χ4v) is 3.83. The molecule has 0 amide bonds. The van der Waals surface area contributed by atoms with Crippen molar-refractivity contribution >= 4 is 41.7 Å². The second kappa shape index (κ2) is 11.0. The minimum atomic E-state index is -0.212. The Labute approximate surface area is 186 Å². The van der Waals surface area contributed by atoms with E-state index in [1.54, 1.807) is 24.9 Å². The summed E-state index contributed by atoms with van der Waals surface area (Å²) in [6, 6.07) is 6.89. The van der Waals surface area contributed by atoms with Crippen LogP contribution in [0.4, 0.5) is 4.39 Å². The predicted molar refractivity (Wildman–Crippen MR) is 122 cm³/mol. The highest BCUT2D eigenvalue weighted by atomic mass is 127. The lowest BCUT2D eigenvalue weighted by molar-refractivity contribution is 0.169. The van der Waals surface area contributed by atoms with E-state index < -0.39 is 0 Å². The maximum absolute atomic E-state index is 13.6. The van der Waals surface area contributed by atoms with Gasteiger partial charge >= 0.3 is 0 Å². The van der Waals surface area contributed by atoms with E-state index >= 15 is 0 Å². The number of thioether (sulfide) groups is 1. The Kier molecular flexibility index (Phi) is 9.03. The zero-order chi connectivity index (χ0) is 19.2. The predicted octanol–water partition coefficient (Wildman–Crippen LogP) is 3.36. The van der Waals surface area contributed by atoms with E-state index in [1.165, 1.54) is 6.07 Å². The van der Waals surface area contributed by atoms with Crippen molar-refractivity contribution < 1.29 is 8.91 Å². The van der Waals surface area contributed by atoms with Gasteiger partial charge in [-0.2, -0.15) is 0 Å². The van der Waals surface area contributed by atoms with Crippen LogP contribution in [0, 0.1) is 12.7 Å². The molecule has 6 nitrogen and oxygen atoms in total. The number of aryl methyl sites for hydroxylation is 1. The first-order valence-corrected chi connectivity index (χ1v) is 10.2. The number of benzene rings is 1. The van der Waals surface area contributed by atoms with Gasteiger partial charge in [-0.25, -0.2) is 4.39 Å². The molecule has 1 aromatic heterocycles. The largest absolute Gasteiger partial charge is 0.361 e. The van der Waals surface area contributed by atoms with E-state index in [4.69, 9.17) is 4.52 Å². The van der Waals surface area contributed by atoms with E-state index in [0.29, 0.717) is 6.54 Å². The van der Waals surface area contributed by atoms with Gasteiger partial charge in [-0.15, -0.1) is 35.7 Å². The molecule has 9 heteroatoms. The van der Waals surface area contributed by atoms with E-state index in [0.717, 1.165) is 60.6 Å². The first-order valence-electron chi connectivity index (χ1n) is 9.01. The molecule has 1 fully saturated rings. The molecule has 3 rings (SSSR count). The molecule has 1 aliphatic heterocycles. The van der Waals surface area contributed by atoms with Gasteiger partial charge in [0.15, 0.2) is 5.96 Å². The number of aromatic nitrogens is 1. The van der Waals surface area contributed by atoms with Crippen molar-refractivity contribution in [1.82, 2.24) is 20.3 Å².